The van der Waals surface area contributed by atoms with E-state index >= 15 is 0 Å². The van der Waals surface area contributed by atoms with Crippen molar-refractivity contribution in [2.24, 2.45) is 0 Å². The van der Waals surface area contributed by atoms with Crippen molar-refractivity contribution in [3.05, 3.63) is 30.3 Å². The number of carbonyl (C=O) groups is 1. The molecule has 0 aliphatic carbocycles. The van der Waals surface area contributed by atoms with Crippen LogP contribution in [-0.4, -0.2) is 19.2 Å². The molecule has 0 atom stereocenters. The van der Waals surface area contributed by atoms with Crippen LogP contribution in [0.25, 0.3) is 0 Å². The van der Waals surface area contributed by atoms with Crippen LogP contribution < -0.4 is 4.90 Å². The zero-order valence-electron chi connectivity index (χ0n) is 10.1. The molecule has 3 nitrogen and oxygen atoms in total. The first kappa shape index (κ1) is 12.6. The molecule has 0 aromatic heterocycles. The maximum Gasteiger partial charge on any atom is 0.414 e. The van der Waals surface area contributed by atoms with Crippen LogP contribution in [-0.2, 0) is 4.74 Å². The fraction of sp³-hybridized carbons (Fsp3) is 0.462. The predicted octanol–water partition coefficient (Wildman–Crippen LogP) is 3.45. The Hall–Kier alpha value is -1.51. The van der Waals surface area contributed by atoms with Crippen molar-refractivity contribution in [3.63, 3.8) is 0 Å². The molecule has 1 aromatic rings. The Morgan fingerprint density at radius 1 is 1.25 bits per heavy atom. The first-order valence-electron chi connectivity index (χ1n) is 5.68. The molecular weight excluding hydrogens is 202 g/mol. The highest BCUT2D eigenvalue weighted by molar-refractivity contribution is 5.86. The summed E-state index contributed by atoms with van der Waals surface area (Å²) >= 11 is 0. The second-order valence-corrected chi connectivity index (χ2v) is 3.72. The molecule has 0 N–H and O–H groups in total. The summed E-state index contributed by atoms with van der Waals surface area (Å²) in [6.07, 6.45) is 1.42. The van der Waals surface area contributed by atoms with Crippen LogP contribution in [0, 0.1) is 0 Å². The quantitative estimate of drug-likeness (QED) is 0.779. The molecule has 3 heteroatoms. The van der Waals surface area contributed by atoms with Gasteiger partial charge in [0.05, 0.1) is 0 Å². The average Bonchev–Trinajstić information content (AvgIpc) is 2.35. The molecular formula is C13H19NO2. The Morgan fingerprint density at radius 3 is 2.31 bits per heavy atom. The number of rotatable bonds is 4. The summed E-state index contributed by atoms with van der Waals surface area (Å²) in [5.74, 6) is 0. The van der Waals surface area contributed by atoms with Crippen molar-refractivity contribution >= 4 is 11.8 Å². The van der Waals surface area contributed by atoms with Gasteiger partial charge in [-0.1, -0.05) is 32.0 Å². The number of hydrogen-bond donors (Lipinski definition) is 0. The van der Waals surface area contributed by atoms with Crippen LogP contribution in [0.3, 0.4) is 0 Å². The van der Waals surface area contributed by atoms with E-state index in [0.29, 0.717) is 0 Å². The smallest absolute Gasteiger partial charge is 0.414 e. The zero-order valence-corrected chi connectivity index (χ0v) is 10.1. The summed E-state index contributed by atoms with van der Waals surface area (Å²) in [6.45, 7) is 4.04. The number of amides is 1. The Morgan fingerprint density at radius 2 is 1.81 bits per heavy atom. The lowest BCUT2D eigenvalue weighted by molar-refractivity contribution is 0.100. The third-order valence-electron chi connectivity index (χ3n) is 2.60. The standard InChI is InChI=1S/C13H19NO2/c1-4-12(5-2)16-13(15)14(3)11-9-7-6-8-10-11/h6-10,12H,4-5H2,1-3H3. The van der Waals surface area contributed by atoms with E-state index in [9.17, 15) is 4.79 Å². The van der Waals surface area contributed by atoms with E-state index in [1.807, 2.05) is 44.2 Å². The molecule has 0 unspecified atom stereocenters. The number of ether oxygens (including phenoxy) is 1. The summed E-state index contributed by atoms with van der Waals surface area (Å²) < 4.78 is 5.35. The number of benzene rings is 1. The summed E-state index contributed by atoms with van der Waals surface area (Å²) in [5, 5.41) is 0. The Labute approximate surface area is 97.0 Å². The lowest BCUT2D eigenvalue weighted by Gasteiger charge is -2.21. The maximum atomic E-state index is 11.8. The second-order valence-electron chi connectivity index (χ2n) is 3.72. The molecule has 0 saturated carbocycles. The molecule has 0 aliphatic rings. The molecule has 0 heterocycles. The van der Waals surface area contributed by atoms with Crippen LogP contribution in [0.1, 0.15) is 26.7 Å². The van der Waals surface area contributed by atoms with E-state index in [1.54, 1.807) is 7.05 Å². The molecule has 1 rings (SSSR count). The summed E-state index contributed by atoms with van der Waals surface area (Å²) in [6, 6.07) is 9.48. The number of hydrogen-bond acceptors (Lipinski definition) is 2. The Bertz CT molecular complexity index is 320. The highest BCUT2D eigenvalue weighted by atomic mass is 16.6. The van der Waals surface area contributed by atoms with Gasteiger partial charge in [0.2, 0.25) is 0 Å². The van der Waals surface area contributed by atoms with Gasteiger partial charge in [-0.3, -0.25) is 4.90 Å². The van der Waals surface area contributed by atoms with Crippen molar-refractivity contribution in [1.29, 1.82) is 0 Å². The molecule has 0 aliphatic heterocycles. The van der Waals surface area contributed by atoms with Crippen LogP contribution in [0.2, 0.25) is 0 Å². The van der Waals surface area contributed by atoms with Gasteiger partial charge < -0.3 is 4.74 Å². The summed E-state index contributed by atoms with van der Waals surface area (Å²) in [5.41, 5.74) is 0.846. The first-order chi connectivity index (χ1) is 7.69. The van der Waals surface area contributed by atoms with Crippen LogP contribution in [0.4, 0.5) is 10.5 Å². The van der Waals surface area contributed by atoms with Gasteiger partial charge in [-0.25, -0.2) is 4.79 Å². The van der Waals surface area contributed by atoms with Crippen molar-refractivity contribution in [1.82, 2.24) is 0 Å². The molecule has 0 saturated heterocycles. The molecule has 0 fully saturated rings. The fourth-order valence-corrected chi connectivity index (χ4v) is 1.43. The minimum absolute atomic E-state index is 0.0127. The zero-order chi connectivity index (χ0) is 12.0. The second kappa shape index (κ2) is 6.16. The van der Waals surface area contributed by atoms with E-state index in [1.165, 1.54) is 4.90 Å². The maximum absolute atomic E-state index is 11.8. The van der Waals surface area contributed by atoms with E-state index in [4.69, 9.17) is 4.74 Å². The lowest BCUT2D eigenvalue weighted by Crippen LogP contribution is -2.30. The third-order valence-corrected chi connectivity index (χ3v) is 2.60. The van der Waals surface area contributed by atoms with E-state index in [-0.39, 0.29) is 12.2 Å². The molecule has 0 spiro atoms. The monoisotopic (exact) mass is 221 g/mol. The van der Waals surface area contributed by atoms with E-state index in [2.05, 4.69) is 0 Å². The largest absolute Gasteiger partial charge is 0.446 e. The van der Waals surface area contributed by atoms with Crippen molar-refractivity contribution in [2.45, 2.75) is 32.8 Å². The molecule has 1 aromatic carbocycles. The van der Waals surface area contributed by atoms with Gasteiger partial charge in [0.1, 0.15) is 6.10 Å². The Balaban J connectivity index is 2.61. The van der Waals surface area contributed by atoms with Crippen molar-refractivity contribution in [3.8, 4) is 0 Å². The van der Waals surface area contributed by atoms with Gasteiger partial charge in [-0.15, -0.1) is 0 Å². The number of anilines is 1. The fourth-order valence-electron chi connectivity index (χ4n) is 1.43. The predicted molar refractivity (Wildman–Crippen MR) is 65.7 cm³/mol. The van der Waals surface area contributed by atoms with E-state index in [0.717, 1.165) is 18.5 Å². The highest BCUT2D eigenvalue weighted by Gasteiger charge is 2.15. The highest BCUT2D eigenvalue weighted by Crippen LogP contribution is 2.14. The van der Waals surface area contributed by atoms with Gasteiger partial charge in [-0.2, -0.15) is 0 Å². The van der Waals surface area contributed by atoms with Gasteiger partial charge in [0.25, 0.3) is 0 Å². The van der Waals surface area contributed by atoms with Crippen LogP contribution in [0.5, 0.6) is 0 Å². The minimum Gasteiger partial charge on any atom is -0.446 e. The number of carbonyl (C=O) groups excluding carboxylic acids is 1. The normalized spacial score (nSPS) is 10.2. The molecule has 0 radical (unpaired) electrons. The van der Waals surface area contributed by atoms with Crippen LogP contribution in [0.15, 0.2) is 30.3 Å². The van der Waals surface area contributed by atoms with Gasteiger partial charge in [0.15, 0.2) is 0 Å². The molecule has 0 bridgehead atoms. The lowest BCUT2D eigenvalue weighted by atomic mass is 10.2. The van der Waals surface area contributed by atoms with Gasteiger partial charge >= 0.3 is 6.09 Å². The number of nitrogens with zero attached hydrogens (tertiary/aromatic N) is 1. The van der Waals surface area contributed by atoms with Crippen molar-refractivity contribution in [2.75, 3.05) is 11.9 Å². The number of para-hydroxylation sites is 1. The first-order valence-corrected chi connectivity index (χ1v) is 5.68. The van der Waals surface area contributed by atoms with Crippen molar-refractivity contribution < 1.29 is 9.53 Å². The average molecular weight is 221 g/mol. The summed E-state index contributed by atoms with van der Waals surface area (Å²) in [7, 11) is 1.72. The van der Waals surface area contributed by atoms with Gasteiger partial charge in [-0.05, 0) is 25.0 Å². The Kier molecular flexibility index (Phi) is 4.83. The molecule has 88 valence electrons. The minimum atomic E-state index is -0.292. The van der Waals surface area contributed by atoms with Crippen LogP contribution >= 0.6 is 0 Å². The molecule has 16 heavy (non-hydrogen) atoms. The third kappa shape index (κ3) is 3.26. The SMILES string of the molecule is CCC(CC)OC(=O)N(C)c1ccccc1. The topological polar surface area (TPSA) is 29.5 Å². The summed E-state index contributed by atoms with van der Waals surface area (Å²) in [4.78, 5) is 13.3. The van der Waals surface area contributed by atoms with E-state index < -0.39 is 0 Å². The molecule has 1 amide bonds. The van der Waals surface area contributed by atoms with Gasteiger partial charge in [0, 0.05) is 12.7 Å².